The Kier molecular flexibility index (Phi) is 6.76. The van der Waals surface area contributed by atoms with Crippen molar-refractivity contribution < 1.29 is 10.0 Å². The highest BCUT2D eigenvalue weighted by atomic mass is 16.5. The van der Waals surface area contributed by atoms with Crippen molar-refractivity contribution in [1.29, 1.82) is 0 Å². The van der Waals surface area contributed by atoms with Gasteiger partial charge in [-0.05, 0) is 13.3 Å². The Hall–Kier alpha value is -0.980. The van der Waals surface area contributed by atoms with Gasteiger partial charge in [-0.2, -0.15) is 0 Å². The van der Waals surface area contributed by atoms with E-state index in [-0.39, 0.29) is 5.91 Å². The van der Waals surface area contributed by atoms with Crippen molar-refractivity contribution in [2.45, 2.75) is 19.8 Å². The molecule has 0 aliphatic carbocycles. The van der Waals surface area contributed by atoms with E-state index in [2.05, 4.69) is 15.8 Å². The molecule has 0 saturated heterocycles. The molecule has 0 unspecified atom stereocenters. The van der Waals surface area contributed by atoms with Crippen molar-refractivity contribution in [3.63, 3.8) is 0 Å². The number of carbonyl (C=O) groups excluding carboxylic acids is 1. The van der Waals surface area contributed by atoms with E-state index in [0.29, 0.717) is 19.5 Å². The van der Waals surface area contributed by atoms with Gasteiger partial charge in [0.1, 0.15) is 0 Å². The van der Waals surface area contributed by atoms with Crippen LogP contribution in [0, 0.1) is 0 Å². The van der Waals surface area contributed by atoms with Crippen LogP contribution in [0.4, 0.5) is 0 Å². The van der Waals surface area contributed by atoms with Gasteiger partial charge in [0.15, 0.2) is 0 Å². The Morgan fingerprint density at radius 3 is 3.00 bits per heavy atom. The Morgan fingerprint density at radius 1 is 1.41 bits per heavy atom. The van der Waals surface area contributed by atoms with E-state index in [4.69, 9.17) is 5.21 Å². The zero-order valence-electron chi connectivity index (χ0n) is 10.4. The summed E-state index contributed by atoms with van der Waals surface area (Å²) in [6.07, 6.45) is 1.37. The number of hydrogen-bond acceptors (Lipinski definition) is 5. The van der Waals surface area contributed by atoms with Crippen molar-refractivity contribution in [3.05, 3.63) is 0 Å². The van der Waals surface area contributed by atoms with Gasteiger partial charge in [-0.25, -0.2) is 5.48 Å². The van der Waals surface area contributed by atoms with Gasteiger partial charge in [-0.1, -0.05) is 0 Å². The maximum absolute atomic E-state index is 11.9. The summed E-state index contributed by atoms with van der Waals surface area (Å²) in [4.78, 5) is 18.1. The minimum absolute atomic E-state index is 0.160. The molecular weight excluding hydrogens is 220 g/mol. The van der Waals surface area contributed by atoms with Crippen LogP contribution in [0.5, 0.6) is 0 Å². The summed E-state index contributed by atoms with van der Waals surface area (Å²) in [5.41, 5.74) is 3.01. The Morgan fingerprint density at radius 2 is 2.24 bits per heavy atom. The minimum atomic E-state index is 0.160. The third-order valence-electron chi connectivity index (χ3n) is 2.70. The average Bonchev–Trinajstić information content (AvgIpc) is 2.29. The zero-order valence-corrected chi connectivity index (χ0v) is 10.4. The van der Waals surface area contributed by atoms with Crippen LogP contribution in [-0.2, 0) is 4.79 Å². The standard InChI is InChI=1S/C11H22N4O2/c1-10-9-11(16)15(7-2-3-13-10)8-6-12-4-5-14-17/h12,14,17H,2-9H2,1H3/b13-10-. The Balaban J connectivity index is 2.26. The maximum atomic E-state index is 11.9. The highest BCUT2D eigenvalue weighted by Crippen LogP contribution is 2.02. The van der Waals surface area contributed by atoms with Crippen molar-refractivity contribution in [3.8, 4) is 0 Å². The fourth-order valence-corrected chi connectivity index (χ4v) is 1.76. The van der Waals surface area contributed by atoms with Gasteiger partial charge >= 0.3 is 0 Å². The molecule has 1 aliphatic heterocycles. The van der Waals surface area contributed by atoms with E-state index in [9.17, 15) is 4.79 Å². The molecule has 1 aliphatic rings. The van der Waals surface area contributed by atoms with Gasteiger partial charge < -0.3 is 15.4 Å². The lowest BCUT2D eigenvalue weighted by molar-refractivity contribution is -0.130. The molecule has 3 N–H and O–H groups in total. The first-order valence-corrected chi connectivity index (χ1v) is 6.09. The van der Waals surface area contributed by atoms with Crippen molar-refractivity contribution in [2.75, 3.05) is 39.3 Å². The van der Waals surface area contributed by atoms with Crippen molar-refractivity contribution >= 4 is 11.6 Å². The molecule has 6 heteroatoms. The molecule has 0 bridgehead atoms. The Labute approximate surface area is 102 Å². The first kappa shape index (κ1) is 14.1. The number of amides is 1. The van der Waals surface area contributed by atoms with Gasteiger partial charge in [0.25, 0.3) is 0 Å². The SMILES string of the molecule is C/C1=N/CCCN(CCNCCNO)C(=O)C1. The first-order chi connectivity index (χ1) is 8.24. The summed E-state index contributed by atoms with van der Waals surface area (Å²) in [6, 6.07) is 0. The molecule has 98 valence electrons. The number of hydrogen-bond donors (Lipinski definition) is 3. The molecule has 1 amide bonds. The lowest BCUT2D eigenvalue weighted by Crippen LogP contribution is -2.40. The van der Waals surface area contributed by atoms with Gasteiger partial charge in [0.05, 0.1) is 6.42 Å². The zero-order chi connectivity index (χ0) is 12.5. The van der Waals surface area contributed by atoms with Crippen LogP contribution >= 0.6 is 0 Å². The molecule has 1 heterocycles. The lowest BCUT2D eigenvalue weighted by atomic mass is 10.2. The largest absolute Gasteiger partial charge is 0.341 e. The third kappa shape index (κ3) is 5.76. The van der Waals surface area contributed by atoms with Gasteiger partial charge in [0, 0.05) is 45.0 Å². The average molecular weight is 242 g/mol. The molecule has 0 saturated carbocycles. The summed E-state index contributed by atoms with van der Waals surface area (Å²) in [6.45, 7) is 6.19. The second-order valence-corrected chi connectivity index (χ2v) is 4.19. The fourth-order valence-electron chi connectivity index (χ4n) is 1.76. The smallest absolute Gasteiger partial charge is 0.228 e. The molecule has 1 rings (SSSR count). The summed E-state index contributed by atoms with van der Waals surface area (Å²) in [5.74, 6) is 0.160. The van der Waals surface area contributed by atoms with Crippen molar-refractivity contribution in [2.24, 2.45) is 4.99 Å². The Bertz CT molecular complexity index is 268. The summed E-state index contributed by atoms with van der Waals surface area (Å²) in [7, 11) is 0. The lowest BCUT2D eigenvalue weighted by Gasteiger charge is -2.24. The molecule has 0 aromatic rings. The second kappa shape index (κ2) is 8.16. The highest BCUT2D eigenvalue weighted by molar-refractivity contribution is 5.99. The third-order valence-corrected chi connectivity index (χ3v) is 2.70. The van der Waals surface area contributed by atoms with Crippen LogP contribution in [-0.4, -0.2) is 61.0 Å². The molecule has 17 heavy (non-hydrogen) atoms. The van der Waals surface area contributed by atoms with Crippen LogP contribution in [0.2, 0.25) is 0 Å². The molecule has 6 nitrogen and oxygen atoms in total. The predicted octanol–water partition coefficient (Wildman–Crippen LogP) is -0.362. The fraction of sp³-hybridized carbons (Fsp3) is 0.818. The van der Waals surface area contributed by atoms with Gasteiger partial charge in [-0.15, -0.1) is 0 Å². The molecule has 0 spiro atoms. The van der Waals surface area contributed by atoms with Crippen LogP contribution < -0.4 is 10.8 Å². The number of hydroxylamine groups is 1. The first-order valence-electron chi connectivity index (χ1n) is 6.09. The van der Waals surface area contributed by atoms with Crippen LogP contribution in [0.25, 0.3) is 0 Å². The van der Waals surface area contributed by atoms with E-state index < -0.39 is 0 Å². The van der Waals surface area contributed by atoms with Gasteiger partial charge in [-0.3, -0.25) is 9.79 Å². The number of aliphatic imine (C=N–C) groups is 1. The second-order valence-electron chi connectivity index (χ2n) is 4.19. The number of carbonyl (C=O) groups is 1. The molecule has 0 radical (unpaired) electrons. The summed E-state index contributed by atoms with van der Waals surface area (Å²) >= 11 is 0. The molecular formula is C11H22N4O2. The quantitative estimate of drug-likeness (QED) is 0.439. The molecule has 0 aromatic heterocycles. The van der Waals surface area contributed by atoms with E-state index in [1.165, 1.54) is 0 Å². The van der Waals surface area contributed by atoms with Crippen molar-refractivity contribution in [1.82, 2.24) is 15.7 Å². The highest BCUT2D eigenvalue weighted by Gasteiger charge is 2.15. The van der Waals surface area contributed by atoms with E-state index in [1.807, 2.05) is 11.8 Å². The van der Waals surface area contributed by atoms with Crippen LogP contribution in [0.15, 0.2) is 4.99 Å². The normalized spacial score (nSPS) is 20.7. The minimum Gasteiger partial charge on any atom is -0.341 e. The maximum Gasteiger partial charge on any atom is 0.228 e. The summed E-state index contributed by atoms with van der Waals surface area (Å²) in [5, 5.41) is 11.5. The predicted molar refractivity (Wildman–Crippen MR) is 66.4 cm³/mol. The summed E-state index contributed by atoms with van der Waals surface area (Å²) < 4.78 is 0. The van der Waals surface area contributed by atoms with Crippen LogP contribution in [0.1, 0.15) is 19.8 Å². The topological polar surface area (TPSA) is 77.0 Å². The monoisotopic (exact) mass is 242 g/mol. The number of rotatable bonds is 6. The molecule has 0 atom stereocenters. The van der Waals surface area contributed by atoms with E-state index >= 15 is 0 Å². The number of nitrogens with one attached hydrogen (secondary N) is 2. The van der Waals surface area contributed by atoms with Gasteiger partial charge in [0.2, 0.25) is 5.91 Å². The van der Waals surface area contributed by atoms with E-state index in [1.54, 1.807) is 0 Å². The van der Waals surface area contributed by atoms with E-state index in [0.717, 1.165) is 38.3 Å². The van der Waals surface area contributed by atoms with Crippen LogP contribution in [0.3, 0.4) is 0 Å². The number of nitrogens with zero attached hydrogens (tertiary/aromatic N) is 2. The molecule has 0 aromatic carbocycles. The molecule has 0 fully saturated rings.